The van der Waals surface area contributed by atoms with Crippen LogP contribution in [0.2, 0.25) is 0 Å². The number of rotatable bonds is 4. The maximum atomic E-state index is 12.2. The number of carbonyl (C=O) groups excluding carboxylic acids is 1. The highest BCUT2D eigenvalue weighted by Crippen LogP contribution is 2.26. The summed E-state index contributed by atoms with van der Waals surface area (Å²) in [6.07, 6.45) is 5.88. The van der Waals surface area contributed by atoms with Crippen molar-refractivity contribution in [1.29, 1.82) is 0 Å². The van der Waals surface area contributed by atoms with E-state index in [2.05, 4.69) is 9.97 Å². The zero-order valence-corrected chi connectivity index (χ0v) is 12.3. The molecule has 2 aromatic rings. The lowest BCUT2D eigenvalue weighted by Crippen LogP contribution is -2.38. The van der Waals surface area contributed by atoms with Crippen LogP contribution in [0.15, 0.2) is 40.0 Å². The summed E-state index contributed by atoms with van der Waals surface area (Å²) in [7, 11) is 0. The first-order valence-corrected chi connectivity index (χ1v) is 7.57. The van der Waals surface area contributed by atoms with Crippen LogP contribution in [0.1, 0.15) is 36.6 Å². The summed E-state index contributed by atoms with van der Waals surface area (Å²) in [6.45, 7) is 1.44. The lowest BCUT2D eigenvalue weighted by atomic mass is 9.93. The molecule has 0 aliphatic carbocycles. The first-order chi connectivity index (χ1) is 10.7. The SMILES string of the molecule is O=C(CCc1ccco1)N1CCC(c2cc(=O)[nH]cn2)CC1. The molecule has 22 heavy (non-hydrogen) atoms. The van der Waals surface area contributed by atoms with Gasteiger partial charge >= 0.3 is 0 Å². The zero-order chi connectivity index (χ0) is 15.4. The Morgan fingerprint density at radius 2 is 2.23 bits per heavy atom. The van der Waals surface area contributed by atoms with Crippen LogP contribution in [-0.2, 0) is 11.2 Å². The van der Waals surface area contributed by atoms with Crippen molar-refractivity contribution < 1.29 is 9.21 Å². The van der Waals surface area contributed by atoms with E-state index < -0.39 is 0 Å². The lowest BCUT2D eigenvalue weighted by molar-refractivity contribution is -0.132. The number of aromatic nitrogens is 2. The minimum atomic E-state index is -0.123. The molecule has 1 aliphatic heterocycles. The molecule has 1 saturated heterocycles. The second-order valence-electron chi connectivity index (χ2n) is 5.57. The number of likely N-dealkylation sites (tertiary alicyclic amines) is 1. The minimum absolute atomic E-state index is 0.123. The lowest BCUT2D eigenvalue weighted by Gasteiger charge is -2.31. The Morgan fingerprint density at radius 1 is 1.41 bits per heavy atom. The Balaban J connectivity index is 1.50. The zero-order valence-electron chi connectivity index (χ0n) is 12.3. The van der Waals surface area contributed by atoms with Crippen molar-refractivity contribution in [1.82, 2.24) is 14.9 Å². The predicted molar refractivity (Wildman–Crippen MR) is 80.4 cm³/mol. The number of furan rings is 1. The van der Waals surface area contributed by atoms with Gasteiger partial charge in [0.05, 0.1) is 18.3 Å². The third kappa shape index (κ3) is 3.44. The van der Waals surface area contributed by atoms with Crippen LogP contribution < -0.4 is 5.56 Å². The second kappa shape index (κ2) is 6.60. The molecule has 3 heterocycles. The Morgan fingerprint density at radius 3 is 2.91 bits per heavy atom. The Kier molecular flexibility index (Phi) is 4.37. The molecular weight excluding hydrogens is 282 g/mol. The van der Waals surface area contributed by atoms with Crippen LogP contribution in [0.4, 0.5) is 0 Å². The normalized spacial score (nSPS) is 15.9. The molecule has 0 atom stereocenters. The number of hydrogen-bond acceptors (Lipinski definition) is 4. The molecule has 0 spiro atoms. The van der Waals surface area contributed by atoms with Gasteiger partial charge in [0, 0.05) is 37.9 Å². The molecule has 0 unspecified atom stereocenters. The smallest absolute Gasteiger partial charge is 0.250 e. The van der Waals surface area contributed by atoms with E-state index in [-0.39, 0.29) is 17.4 Å². The van der Waals surface area contributed by atoms with Crippen LogP contribution >= 0.6 is 0 Å². The van der Waals surface area contributed by atoms with Crippen molar-refractivity contribution in [2.24, 2.45) is 0 Å². The summed E-state index contributed by atoms with van der Waals surface area (Å²) >= 11 is 0. The van der Waals surface area contributed by atoms with Gasteiger partial charge in [-0.1, -0.05) is 0 Å². The third-order valence-electron chi connectivity index (χ3n) is 4.13. The number of aromatic amines is 1. The highest BCUT2D eigenvalue weighted by Gasteiger charge is 2.24. The molecule has 0 bridgehead atoms. The molecule has 116 valence electrons. The molecule has 1 N–H and O–H groups in total. The summed E-state index contributed by atoms with van der Waals surface area (Å²) in [6, 6.07) is 5.27. The second-order valence-corrected chi connectivity index (χ2v) is 5.57. The van der Waals surface area contributed by atoms with E-state index >= 15 is 0 Å². The molecule has 1 fully saturated rings. The molecule has 6 heteroatoms. The Bertz CT molecular complexity index is 670. The molecule has 3 rings (SSSR count). The summed E-state index contributed by atoms with van der Waals surface area (Å²) < 4.78 is 5.25. The Labute approximate surface area is 128 Å². The molecule has 0 saturated carbocycles. The number of nitrogens with one attached hydrogen (secondary N) is 1. The van der Waals surface area contributed by atoms with E-state index in [4.69, 9.17) is 4.42 Å². The van der Waals surface area contributed by atoms with Gasteiger partial charge in [0.25, 0.3) is 5.56 Å². The summed E-state index contributed by atoms with van der Waals surface area (Å²) in [5.41, 5.74) is 0.702. The molecule has 0 radical (unpaired) electrons. The van der Waals surface area contributed by atoms with Crippen LogP contribution in [0, 0.1) is 0 Å². The quantitative estimate of drug-likeness (QED) is 0.932. The fourth-order valence-electron chi connectivity index (χ4n) is 2.87. The van der Waals surface area contributed by atoms with Gasteiger partial charge in [0.15, 0.2) is 0 Å². The van der Waals surface area contributed by atoms with Gasteiger partial charge in [0.2, 0.25) is 5.91 Å². The van der Waals surface area contributed by atoms with Crippen molar-refractivity contribution in [3.63, 3.8) is 0 Å². The summed E-state index contributed by atoms with van der Waals surface area (Å²) in [5.74, 6) is 1.26. The molecule has 6 nitrogen and oxygen atoms in total. The fraction of sp³-hybridized carbons (Fsp3) is 0.438. The van der Waals surface area contributed by atoms with Gasteiger partial charge < -0.3 is 14.3 Å². The van der Waals surface area contributed by atoms with Crippen molar-refractivity contribution in [2.45, 2.75) is 31.6 Å². The minimum Gasteiger partial charge on any atom is -0.469 e. The largest absolute Gasteiger partial charge is 0.469 e. The highest BCUT2D eigenvalue weighted by molar-refractivity contribution is 5.76. The van der Waals surface area contributed by atoms with Crippen molar-refractivity contribution in [2.75, 3.05) is 13.1 Å². The average Bonchev–Trinajstić information content (AvgIpc) is 3.06. The highest BCUT2D eigenvalue weighted by atomic mass is 16.3. The van der Waals surface area contributed by atoms with E-state index in [1.807, 2.05) is 17.0 Å². The molecule has 1 aliphatic rings. The van der Waals surface area contributed by atoms with E-state index in [1.54, 1.807) is 12.3 Å². The van der Waals surface area contributed by atoms with Crippen molar-refractivity contribution in [3.05, 3.63) is 52.6 Å². The van der Waals surface area contributed by atoms with Gasteiger partial charge in [-0.2, -0.15) is 0 Å². The van der Waals surface area contributed by atoms with Gasteiger partial charge in [-0.05, 0) is 25.0 Å². The van der Waals surface area contributed by atoms with E-state index in [9.17, 15) is 9.59 Å². The topological polar surface area (TPSA) is 79.2 Å². The fourth-order valence-corrected chi connectivity index (χ4v) is 2.87. The van der Waals surface area contributed by atoms with E-state index in [0.29, 0.717) is 12.8 Å². The monoisotopic (exact) mass is 301 g/mol. The van der Waals surface area contributed by atoms with Crippen LogP contribution in [0.3, 0.4) is 0 Å². The number of carbonyl (C=O) groups is 1. The van der Waals surface area contributed by atoms with E-state index in [1.165, 1.54) is 6.33 Å². The van der Waals surface area contributed by atoms with Crippen molar-refractivity contribution >= 4 is 5.91 Å². The average molecular weight is 301 g/mol. The number of aryl methyl sites for hydroxylation is 1. The predicted octanol–water partition coefficient (Wildman–Crippen LogP) is 1.70. The number of piperidine rings is 1. The first kappa shape index (κ1) is 14.6. The molecule has 0 aromatic carbocycles. The summed E-state index contributed by atoms with van der Waals surface area (Å²) in [5, 5.41) is 0. The molecule has 2 aromatic heterocycles. The van der Waals surface area contributed by atoms with Crippen LogP contribution in [0.25, 0.3) is 0 Å². The number of amides is 1. The van der Waals surface area contributed by atoms with Crippen LogP contribution in [0.5, 0.6) is 0 Å². The maximum Gasteiger partial charge on any atom is 0.250 e. The third-order valence-corrected chi connectivity index (χ3v) is 4.13. The Hall–Kier alpha value is -2.37. The summed E-state index contributed by atoms with van der Waals surface area (Å²) in [4.78, 5) is 32.2. The maximum absolute atomic E-state index is 12.2. The number of hydrogen-bond donors (Lipinski definition) is 1. The number of nitrogens with zero attached hydrogens (tertiary/aromatic N) is 2. The van der Waals surface area contributed by atoms with Crippen molar-refractivity contribution in [3.8, 4) is 0 Å². The first-order valence-electron chi connectivity index (χ1n) is 7.57. The van der Waals surface area contributed by atoms with Gasteiger partial charge in [-0.3, -0.25) is 9.59 Å². The molecular formula is C16H19N3O3. The molecule has 1 amide bonds. The van der Waals surface area contributed by atoms with Gasteiger partial charge in [-0.25, -0.2) is 4.98 Å². The standard InChI is InChI=1S/C16H19N3O3/c20-15-10-14(17-11-18-15)12-5-7-19(8-6-12)16(21)4-3-13-2-1-9-22-13/h1-2,9-12H,3-8H2,(H,17,18,20). The van der Waals surface area contributed by atoms with Crippen LogP contribution in [-0.4, -0.2) is 33.9 Å². The van der Waals surface area contributed by atoms with Gasteiger partial charge in [0.1, 0.15) is 5.76 Å². The number of H-pyrrole nitrogens is 1. The van der Waals surface area contributed by atoms with Gasteiger partial charge in [-0.15, -0.1) is 0 Å². The van der Waals surface area contributed by atoms with E-state index in [0.717, 1.165) is 37.4 Å².